The molecule has 2 rings (SSSR count). The van der Waals surface area contributed by atoms with Crippen LogP contribution in [0.5, 0.6) is 0 Å². The SMILES string of the molecule is Nc1ccc2c(c1)C(=O)N(CC=CCl)C2=O. The van der Waals surface area contributed by atoms with E-state index in [-0.39, 0.29) is 18.4 Å². The molecule has 1 aromatic rings. The van der Waals surface area contributed by atoms with Gasteiger partial charge in [0.05, 0.1) is 11.1 Å². The number of hydrogen-bond acceptors (Lipinski definition) is 3. The maximum Gasteiger partial charge on any atom is 0.261 e. The average molecular weight is 237 g/mol. The van der Waals surface area contributed by atoms with Crippen molar-refractivity contribution < 1.29 is 9.59 Å². The number of nitrogen functional groups attached to an aromatic ring is 1. The number of nitrogens with zero attached hydrogens (tertiary/aromatic N) is 1. The van der Waals surface area contributed by atoms with Gasteiger partial charge in [0.2, 0.25) is 0 Å². The number of nitrogens with two attached hydrogens (primary N) is 1. The summed E-state index contributed by atoms with van der Waals surface area (Å²) >= 11 is 5.36. The Hall–Kier alpha value is -1.81. The predicted molar refractivity (Wildman–Crippen MR) is 61.2 cm³/mol. The van der Waals surface area contributed by atoms with Crippen molar-refractivity contribution in [3.63, 3.8) is 0 Å². The molecule has 0 saturated carbocycles. The van der Waals surface area contributed by atoms with Gasteiger partial charge in [0.15, 0.2) is 0 Å². The summed E-state index contributed by atoms with van der Waals surface area (Å²) in [5.41, 5.74) is 8.06. The molecule has 1 aliphatic rings. The highest BCUT2D eigenvalue weighted by molar-refractivity contribution is 6.25. The van der Waals surface area contributed by atoms with Crippen molar-refractivity contribution in [1.82, 2.24) is 4.90 Å². The lowest BCUT2D eigenvalue weighted by Gasteiger charge is -2.09. The van der Waals surface area contributed by atoms with Crippen LogP contribution in [0.2, 0.25) is 0 Å². The summed E-state index contributed by atoms with van der Waals surface area (Å²) in [6.07, 6.45) is 1.53. The fourth-order valence-electron chi connectivity index (χ4n) is 1.62. The Balaban J connectivity index is 2.40. The standard InChI is InChI=1S/C11H9ClN2O2/c12-4-1-5-14-10(15)8-3-2-7(13)6-9(8)11(14)16/h1-4,6H,5,13H2. The first kappa shape index (κ1) is 10.7. The molecule has 16 heavy (non-hydrogen) atoms. The molecule has 2 amide bonds. The Kier molecular flexibility index (Phi) is 2.66. The Labute approximate surface area is 97.3 Å². The van der Waals surface area contributed by atoms with E-state index < -0.39 is 0 Å². The summed E-state index contributed by atoms with van der Waals surface area (Å²) in [6, 6.07) is 4.68. The molecule has 1 aliphatic heterocycles. The lowest BCUT2D eigenvalue weighted by molar-refractivity contribution is 0.0672. The number of amides is 2. The first-order valence-electron chi connectivity index (χ1n) is 4.66. The Morgan fingerprint density at radius 2 is 1.94 bits per heavy atom. The number of anilines is 1. The van der Waals surface area contributed by atoms with Gasteiger partial charge in [-0.15, -0.1) is 0 Å². The number of rotatable bonds is 2. The summed E-state index contributed by atoms with van der Waals surface area (Å²) in [6.45, 7) is 0.176. The third-order valence-corrected chi connectivity index (χ3v) is 2.55. The third-order valence-electron chi connectivity index (χ3n) is 2.37. The van der Waals surface area contributed by atoms with Crippen molar-refractivity contribution in [3.8, 4) is 0 Å². The molecule has 82 valence electrons. The van der Waals surface area contributed by atoms with Gasteiger partial charge in [0.25, 0.3) is 11.8 Å². The fraction of sp³-hybridized carbons (Fsp3) is 0.0909. The van der Waals surface area contributed by atoms with Gasteiger partial charge in [-0.3, -0.25) is 14.5 Å². The first-order valence-corrected chi connectivity index (χ1v) is 5.09. The maximum absolute atomic E-state index is 11.8. The molecule has 0 atom stereocenters. The van der Waals surface area contributed by atoms with Gasteiger partial charge in [0.1, 0.15) is 0 Å². The zero-order valence-corrected chi connectivity index (χ0v) is 9.07. The summed E-state index contributed by atoms with van der Waals surface area (Å²) in [5, 5.41) is 0. The van der Waals surface area contributed by atoms with Gasteiger partial charge in [-0.1, -0.05) is 17.7 Å². The lowest BCUT2D eigenvalue weighted by Crippen LogP contribution is -2.29. The van der Waals surface area contributed by atoms with Crippen LogP contribution in [-0.4, -0.2) is 23.3 Å². The van der Waals surface area contributed by atoms with Crippen LogP contribution in [0.25, 0.3) is 0 Å². The molecule has 0 saturated heterocycles. The highest BCUT2D eigenvalue weighted by Gasteiger charge is 2.34. The maximum atomic E-state index is 11.8. The van der Waals surface area contributed by atoms with Gasteiger partial charge in [-0.05, 0) is 18.2 Å². The predicted octanol–water partition coefficient (Wildman–Crippen LogP) is 1.62. The second-order valence-corrected chi connectivity index (χ2v) is 3.64. The average Bonchev–Trinajstić information content (AvgIpc) is 2.50. The van der Waals surface area contributed by atoms with Crippen molar-refractivity contribution in [2.24, 2.45) is 0 Å². The number of carbonyl (C=O) groups is 2. The summed E-state index contributed by atoms with van der Waals surface area (Å²) in [7, 11) is 0. The molecule has 0 bridgehead atoms. The minimum Gasteiger partial charge on any atom is -0.399 e. The fourth-order valence-corrected chi connectivity index (χ4v) is 1.70. The number of carbonyl (C=O) groups excluding carboxylic acids is 2. The molecule has 4 nitrogen and oxygen atoms in total. The molecule has 0 unspecified atom stereocenters. The Bertz CT molecular complexity index is 497. The van der Waals surface area contributed by atoms with Crippen LogP contribution < -0.4 is 5.73 Å². The Morgan fingerprint density at radius 3 is 2.62 bits per heavy atom. The van der Waals surface area contributed by atoms with Crippen molar-refractivity contribution in [1.29, 1.82) is 0 Å². The van der Waals surface area contributed by atoms with Gasteiger partial charge in [-0.25, -0.2) is 0 Å². The summed E-state index contributed by atoms with van der Waals surface area (Å²) in [5.74, 6) is -0.642. The molecule has 1 heterocycles. The van der Waals surface area contributed by atoms with Crippen LogP contribution in [0.4, 0.5) is 5.69 Å². The van der Waals surface area contributed by atoms with E-state index >= 15 is 0 Å². The molecule has 2 N–H and O–H groups in total. The molecule has 0 fully saturated rings. The van der Waals surface area contributed by atoms with Gasteiger partial charge in [-0.2, -0.15) is 0 Å². The molecule has 5 heteroatoms. The van der Waals surface area contributed by atoms with Crippen LogP contribution in [0.15, 0.2) is 29.8 Å². The summed E-state index contributed by atoms with van der Waals surface area (Å²) < 4.78 is 0. The highest BCUT2D eigenvalue weighted by Crippen LogP contribution is 2.24. The van der Waals surface area contributed by atoms with E-state index in [1.54, 1.807) is 12.1 Å². The van der Waals surface area contributed by atoms with E-state index in [1.165, 1.54) is 17.7 Å². The smallest absolute Gasteiger partial charge is 0.261 e. The minimum absolute atomic E-state index is 0.176. The minimum atomic E-state index is -0.331. The zero-order chi connectivity index (χ0) is 11.7. The largest absolute Gasteiger partial charge is 0.399 e. The zero-order valence-electron chi connectivity index (χ0n) is 8.31. The van der Waals surface area contributed by atoms with E-state index in [4.69, 9.17) is 17.3 Å². The van der Waals surface area contributed by atoms with Gasteiger partial charge >= 0.3 is 0 Å². The highest BCUT2D eigenvalue weighted by atomic mass is 35.5. The number of halogens is 1. The Morgan fingerprint density at radius 1 is 1.25 bits per heavy atom. The molecular formula is C11H9ClN2O2. The summed E-state index contributed by atoms with van der Waals surface area (Å²) in [4.78, 5) is 24.8. The van der Waals surface area contributed by atoms with Crippen LogP contribution in [0.1, 0.15) is 20.7 Å². The van der Waals surface area contributed by atoms with E-state index in [1.807, 2.05) is 0 Å². The van der Waals surface area contributed by atoms with Crippen molar-refractivity contribution >= 4 is 29.1 Å². The second kappa shape index (κ2) is 3.98. The topological polar surface area (TPSA) is 63.4 Å². The molecule has 1 aromatic carbocycles. The van der Waals surface area contributed by atoms with Crippen molar-refractivity contribution in [2.45, 2.75) is 0 Å². The monoisotopic (exact) mass is 236 g/mol. The van der Waals surface area contributed by atoms with Crippen LogP contribution in [0.3, 0.4) is 0 Å². The van der Waals surface area contributed by atoms with E-state index in [0.29, 0.717) is 16.8 Å². The normalized spacial score (nSPS) is 14.9. The van der Waals surface area contributed by atoms with Crippen LogP contribution >= 0.6 is 11.6 Å². The van der Waals surface area contributed by atoms with E-state index in [2.05, 4.69) is 0 Å². The second-order valence-electron chi connectivity index (χ2n) is 3.39. The number of fused-ring (bicyclic) bond motifs is 1. The number of imide groups is 1. The van der Waals surface area contributed by atoms with Crippen LogP contribution in [-0.2, 0) is 0 Å². The van der Waals surface area contributed by atoms with Crippen LogP contribution in [0, 0.1) is 0 Å². The molecule has 0 radical (unpaired) electrons. The third kappa shape index (κ3) is 1.57. The molecule has 0 aliphatic carbocycles. The quantitative estimate of drug-likeness (QED) is 0.627. The van der Waals surface area contributed by atoms with Gasteiger partial charge < -0.3 is 5.73 Å². The van der Waals surface area contributed by atoms with E-state index in [9.17, 15) is 9.59 Å². The molecular weight excluding hydrogens is 228 g/mol. The molecule has 0 spiro atoms. The van der Waals surface area contributed by atoms with Crippen molar-refractivity contribution in [3.05, 3.63) is 40.9 Å². The van der Waals surface area contributed by atoms with Crippen molar-refractivity contribution in [2.75, 3.05) is 12.3 Å². The number of benzene rings is 1. The lowest BCUT2D eigenvalue weighted by atomic mass is 10.1. The molecule has 0 aromatic heterocycles. The van der Waals surface area contributed by atoms with Gasteiger partial charge in [0, 0.05) is 17.8 Å². The first-order chi connectivity index (χ1) is 7.65. The number of hydrogen-bond donors (Lipinski definition) is 1. The van der Waals surface area contributed by atoms with E-state index in [0.717, 1.165) is 4.90 Å².